The number of hydrogen-bond acceptors (Lipinski definition) is 2. The predicted molar refractivity (Wildman–Crippen MR) is 86.1 cm³/mol. The van der Waals surface area contributed by atoms with Gasteiger partial charge in [-0.25, -0.2) is 0 Å². The van der Waals surface area contributed by atoms with E-state index in [1.165, 1.54) is 0 Å². The van der Waals surface area contributed by atoms with Crippen molar-refractivity contribution in [1.82, 2.24) is 9.78 Å². The zero-order valence-electron chi connectivity index (χ0n) is 12.0. The maximum absolute atomic E-state index is 12.9. The number of carbonyl (C=O) groups excluding carboxylic acids is 1. The Kier molecular flexibility index (Phi) is 3.85. The van der Waals surface area contributed by atoms with Crippen LogP contribution in [0.2, 0.25) is 0 Å². The smallest absolute Gasteiger partial charge is 0.236 e. The first-order chi connectivity index (χ1) is 10.1. The van der Waals surface area contributed by atoms with Gasteiger partial charge in [0, 0.05) is 23.8 Å². The molecule has 110 valence electrons. The van der Waals surface area contributed by atoms with Gasteiger partial charge in [-0.2, -0.15) is 5.10 Å². The lowest BCUT2D eigenvalue weighted by Gasteiger charge is -2.28. The van der Waals surface area contributed by atoms with Crippen LogP contribution in [0, 0.1) is 0 Å². The van der Waals surface area contributed by atoms with Crippen molar-refractivity contribution < 1.29 is 4.79 Å². The highest BCUT2D eigenvalue weighted by atomic mass is 79.9. The number of nitrogens with zero attached hydrogens (tertiary/aromatic N) is 2. The summed E-state index contributed by atoms with van der Waals surface area (Å²) in [5, 5.41) is 7.22. The molecule has 1 aromatic heterocycles. The molecule has 0 radical (unpaired) electrons. The van der Waals surface area contributed by atoms with E-state index in [0.29, 0.717) is 5.82 Å². The Balaban J connectivity index is 1.92. The molecule has 0 saturated heterocycles. The van der Waals surface area contributed by atoms with Crippen molar-refractivity contribution in [2.24, 2.45) is 7.05 Å². The van der Waals surface area contributed by atoms with Crippen molar-refractivity contribution in [3.05, 3.63) is 46.6 Å². The standard InChI is InChI=1S/C16H18BrN3O/c1-20-10-7-14(19-20)18-15(21)16(8-2-3-9-16)12-5-4-6-13(17)11-12/h4-7,10-11H,2-3,8-9H2,1H3,(H,18,19,21). The lowest BCUT2D eigenvalue weighted by Crippen LogP contribution is -2.38. The van der Waals surface area contributed by atoms with Gasteiger partial charge in [-0.3, -0.25) is 9.48 Å². The molecule has 5 heteroatoms. The van der Waals surface area contributed by atoms with Gasteiger partial charge < -0.3 is 5.32 Å². The van der Waals surface area contributed by atoms with Crippen LogP contribution in [-0.2, 0) is 17.3 Å². The summed E-state index contributed by atoms with van der Waals surface area (Å²) in [6.07, 6.45) is 5.78. The fourth-order valence-corrected chi connectivity index (χ4v) is 3.53. The summed E-state index contributed by atoms with van der Waals surface area (Å²) in [5.74, 6) is 0.667. The van der Waals surface area contributed by atoms with Crippen LogP contribution in [0.25, 0.3) is 0 Å². The van der Waals surface area contributed by atoms with Crippen molar-refractivity contribution in [3.8, 4) is 0 Å². The number of nitrogens with one attached hydrogen (secondary N) is 1. The molecule has 21 heavy (non-hydrogen) atoms. The van der Waals surface area contributed by atoms with Crippen LogP contribution in [0.5, 0.6) is 0 Å². The molecule has 4 nitrogen and oxygen atoms in total. The van der Waals surface area contributed by atoms with Crippen molar-refractivity contribution in [3.63, 3.8) is 0 Å². The second-order valence-electron chi connectivity index (χ2n) is 5.63. The van der Waals surface area contributed by atoms with Crippen molar-refractivity contribution in [1.29, 1.82) is 0 Å². The molecule has 0 atom stereocenters. The topological polar surface area (TPSA) is 46.9 Å². The van der Waals surface area contributed by atoms with E-state index in [1.807, 2.05) is 37.5 Å². The van der Waals surface area contributed by atoms with Gasteiger partial charge in [0.15, 0.2) is 5.82 Å². The minimum atomic E-state index is -0.429. The summed E-state index contributed by atoms with van der Waals surface area (Å²) in [4.78, 5) is 12.9. The van der Waals surface area contributed by atoms with Gasteiger partial charge in [-0.05, 0) is 30.5 Å². The Morgan fingerprint density at radius 1 is 1.33 bits per heavy atom. The molecule has 1 fully saturated rings. The van der Waals surface area contributed by atoms with Gasteiger partial charge in [-0.1, -0.05) is 40.9 Å². The zero-order valence-corrected chi connectivity index (χ0v) is 13.6. The molecule has 0 spiro atoms. The van der Waals surface area contributed by atoms with Crippen LogP contribution in [0.3, 0.4) is 0 Å². The highest BCUT2D eigenvalue weighted by Crippen LogP contribution is 2.42. The maximum atomic E-state index is 12.9. The van der Waals surface area contributed by atoms with E-state index in [0.717, 1.165) is 35.7 Å². The number of aromatic nitrogens is 2. The molecule has 1 aromatic carbocycles. The Morgan fingerprint density at radius 3 is 2.71 bits per heavy atom. The minimum Gasteiger partial charge on any atom is -0.308 e. The highest BCUT2D eigenvalue weighted by molar-refractivity contribution is 9.10. The van der Waals surface area contributed by atoms with E-state index in [1.54, 1.807) is 4.68 Å². The molecular weight excluding hydrogens is 330 g/mol. The van der Waals surface area contributed by atoms with Gasteiger partial charge in [0.2, 0.25) is 5.91 Å². The third-order valence-corrected chi connectivity index (χ3v) is 4.72. The van der Waals surface area contributed by atoms with Crippen LogP contribution in [0.4, 0.5) is 5.82 Å². The summed E-state index contributed by atoms with van der Waals surface area (Å²) >= 11 is 3.51. The molecule has 0 unspecified atom stereocenters. The van der Waals surface area contributed by atoms with Crippen LogP contribution < -0.4 is 5.32 Å². The third kappa shape index (κ3) is 2.75. The third-order valence-electron chi connectivity index (χ3n) is 4.22. The largest absolute Gasteiger partial charge is 0.308 e. The fraction of sp³-hybridized carbons (Fsp3) is 0.375. The van der Waals surface area contributed by atoms with E-state index in [-0.39, 0.29) is 5.91 Å². The SMILES string of the molecule is Cn1ccc(NC(=O)C2(c3cccc(Br)c3)CCCC2)n1. The van der Waals surface area contributed by atoms with E-state index < -0.39 is 5.41 Å². The number of aryl methyl sites for hydroxylation is 1. The summed E-state index contributed by atoms with van der Waals surface area (Å²) < 4.78 is 2.70. The molecule has 0 aliphatic heterocycles. The molecule has 1 amide bonds. The second kappa shape index (κ2) is 5.64. The zero-order chi connectivity index (χ0) is 14.9. The predicted octanol–water partition coefficient (Wildman–Crippen LogP) is 3.63. The molecule has 1 saturated carbocycles. The molecular formula is C16H18BrN3O. The van der Waals surface area contributed by atoms with E-state index in [2.05, 4.69) is 32.4 Å². The summed E-state index contributed by atoms with van der Waals surface area (Å²) in [7, 11) is 1.84. The highest BCUT2D eigenvalue weighted by Gasteiger charge is 2.42. The first-order valence-corrected chi connectivity index (χ1v) is 7.97. The molecule has 1 heterocycles. The molecule has 1 N–H and O–H groups in total. The molecule has 1 aliphatic rings. The number of halogens is 1. The van der Waals surface area contributed by atoms with Crippen LogP contribution in [-0.4, -0.2) is 15.7 Å². The average Bonchev–Trinajstić information content (AvgIpc) is 3.09. The first kappa shape index (κ1) is 14.3. The minimum absolute atomic E-state index is 0.0526. The van der Waals surface area contributed by atoms with Crippen molar-refractivity contribution in [2.75, 3.05) is 5.32 Å². The number of amides is 1. The number of anilines is 1. The molecule has 3 rings (SSSR count). The summed E-state index contributed by atoms with van der Waals surface area (Å²) in [6.45, 7) is 0. The Morgan fingerprint density at radius 2 is 2.10 bits per heavy atom. The summed E-state index contributed by atoms with van der Waals surface area (Å²) in [5.41, 5.74) is 0.657. The van der Waals surface area contributed by atoms with Gasteiger partial charge in [0.05, 0.1) is 5.41 Å². The number of carbonyl (C=O) groups is 1. The van der Waals surface area contributed by atoms with Gasteiger partial charge in [-0.15, -0.1) is 0 Å². The maximum Gasteiger partial charge on any atom is 0.236 e. The number of rotatable bonds is 3. The lowest BCUT2D eigenvalue weighted by molar-refractivity contribution is -0.121. The number of hydrogen-bond donors (Lipinski definition) is 1. The van der Waals surface area contributed by atoms with Crippen molar-refractivity contribution >= 4 is 27.7 Å². The molecule has 0 bridgehead atoms. The van der Waals surface area contributed by atoms with E-state index in [4.69, 9.17) is 0 Å². The van der Waals surface area contributed by atoms with E-state index in [9.17, 15) is 4.79 Å². The van der Waals surface area contributed by atoms with Crippen LogP contribution in [0.15, 0.2) is 41.0 Å². The lowest BCUT2D eigenvalue weighted by atomic mass is 9.78. The Hall–Kier alpha value is -1.62. The molecule has 1 aliphatic carbocycles. The van der Waals surface area contributed by atoms with Crippen molar-refractivity contribution in [2.45, 2.75) is 31.1 Å². The quantitative estimate of drug-likeness (QED) is 0.921. The van der Waals surface area contributed by atoms with Gasteiger partial charge >= 0.3 is 0 Å². The molecule has 2 aromatic rings. The van der Waals surface area contributed by atoms with Gasteiger partial charge in [0.25, 0.3) is 0 Å². The first-order valence-electron chi connectivity index (χ1n) is 7.17. The monoisotopic (exact) mass is 347 g/mol. The average molecular weight is 348 g/mol. The van der Waals surface area contributed by atoms with E-state index >= 15 is 0 Å². The normalized spacial score (nSPS) is 16.9. The fourth-order valence-electron chi connectivity index (χ4n) is 3.13. The number of benzene rings is 1. The van der Waals surface area contributed by atoms with Crippen LogP contribution >= 0.6 is 15.9 Å². The van der Waals surface area contributed by atoms with Gasteiger partial charge in [0.1, 0.15) is 0 Å². The Labute approximate surface area is 132 Å². The second-order valence-corrected chi connectivity index (χ2v) is 6.54. The van der Waals surface area contributed by atoms with Crippen LogP contribution in [0.1, 0.15) is 31.2 Å². The Bertz CT molecular complexity index is 659. The summed E-state index contributed by atoms with van der Waals surface area (Å²) in [6, 6.07) is 9.91.